The van der Waals surface area contributed by atoms with Crippen LogP contribution in [0.25, 0.3) is 0 Å². The van der Waals surface area contributed by atoms with Gasteiger partial charge in [-0.15, -0.1) is 12.4 Å². The van der Waals surface area contributed by atoms with Crippen molar-refractivity contribution in [2.24, 2.45) is 0 Å². The van der Waals surface area contributed by atoms with Gasteiger partial charge in [-0.3, -0.25) is 9.80 Å². The van der Waals surface area contributed by atoms with Crippen LogP contribution >= 0.6 is 24.0 Å². The van der Waals surface area contributed by atoms with Gasteiger partial charge in [0.05, 0.1) is 6.61 Å². The Morgan fingerprint density at radius 1 is 1.22 bits per heavy atom. The van der Waals surface area contributed by atoms with Crippen molar-refractivity contribution in [3.05, 3.63) is 28.3 Å². The molecule has 6 heteroatoms. The Balaban J connectivity index is 0.00000156. The maximum absolute atomic E-state index is 6.28. The minimum Gasteiger partial charge on any atom is -0.493 e. The van der Waals surface area contributed by atoms with Crippen LogP contribution in [-0.4, -0.2) is 61.7 Å². The van der Waals surface area contributed by atoms with Gasteiger partial charge in [0.2, 0.25) is 0 Å². The van der Waals surface area contributed by atoms with E-state index in [1.54, 1.807) is 0 Å². The van der Waals surface area contributed by atoms with Gasteiger partial charge in [-0.25, -0.2) is 0 Å². The van der Waals surface area contributed by atoms with Crippen LogP contribution in [0.5, 0.6) is 5.75 Å². The molecule has 128 valence electrons. The molecule has 3 aliphatic rings. The highest BCUT2D eigenvalue weighted by Gasteiger charge is 2.29. The van der Waals surface area contributed by atoms with Crippen LogP contribution in [0.4, 0.5) is 0 Å². The highest BCUT2D eigenvalue weighted by molar-refractivity contribution is 6.30. The van der Waals surface area contributed by atoms with Gasteiger partial charge in [0, 0.05) is 68.9 Å². The third-order valence-electron chi connectivity index (χ3n) is 5.13. The van der Waals surface area contributed by atoms with E-state index in [1.165, 1.54) is 43.7 Å². The number of halogens is 2. The van der Waals surface area contributed by atoms with Crippen molar-refractivity contribution in [1.82, 2.24) is 15.1 Å². The first-order chi connectivity index (χ1) is 10.8. The number of fused-ring (bicyclic) bond motifs is 1. The fraction of sp³-hybridized carbons (Fsp3) is 0.647. The fourth-order valence-electron chi connectivity index (χ4n) is 4.01. The molecule has 1 N–H and O–H groups in total. The summed E-state index contributed by atoms with van der Waals surface area (Å²) in [5.41, 5.74) is 2.54. The number of nitrogens with one attached hydrogen (secondary N) is 1. The normalized spacial score (nSPS) is 25.0. The second-order valence-corrected chi connectivity index (χ2v) is 7.05. The molecule has 2 saturated heterocycles. The molecule has 1 unspecified atom stereocenters. The molecule has 3 aliphatic heterocycles. The van der Waals surface area contributed by atoms with E-state index in [-0.39, 0.29) is 12.4 Å². The molecule has 1 aromatic carbocycles. The predicted molar refractivity (Wildman–Crippen MR) is 96.0 cm³/mol. The van der Waals surface area contributed by atoms with Crippen molar-refractivity contribution in [3.63, 3.8) is 0 Å². The minimum absolute atomic E-state index is 0. The van der Waals surface area contributed by atoms with E-state index in [4.69, 9.17) is 16.3 Å². The van der Waals surface area contributed by atoms with E-state index >= 15 is 0 Å². The summed E-state index contributed by atoms with van der Waals surface area (Å²) in [4.78, 5) is 5.20. The Hall–Kier alpha value is -0.520. The average molecular weight is 358 g/mol. The maximum atomic E-state index is 6.28. The number of rotatable bonds is 3. The van der Waals surface area contributed by atoms with E-state index in [1.807, 2.05) is 0 Å². The Morgan fingerprint density at radius 2 is 2.04 bits per heavy atom. The molecule has 0 aliphatic carbocycles. The number of ether oxygens (including phenoxy) is 1. The summed E-state index contributed by atoms with van der Waals surface area (Å²) in [6.45, 7) is 8.75. The van der Waals surface area contributed by atoms with Crippen molar-refractivity contribution in [2.45, 2.75) is 25.4 Å². The van der Waals surface area contributed by atoms with Crippen molar-refractivity contribution in [2.75, 3.05) is 45.9 Å². The van der Waals surface area contributed by atoms with Gasteiger partial charge in [-0.1, -0.05) is 11.6 Å². The van der Waals surface area contributed by atoms with Gasteiger partial charge < -0.3 is 10.1 Å². The molecule has 0 bridgehead atoms. The summed E-state index contributed by atoms with van der Waals surface area (Å²) < 4.78 is 5.83. The second-order valence-electron chi connectivity index (χ2n) is 6.62. The third-order valence-corrected chi connectivity index (χ3v) is 5.35. The molecule has 0 amide bonds. The number of hydrogen-bond donors (Lipinski definition) is 1. The molecule has 4 rings (SSSR count). The zero-order valence-electron chi connectivity index (χ0n) is 13.4. The summed E-state index contributed by atoms with van der Waals surface area (Å²) in [7, 11) is 0. The second kappa shape index (κ2) is 7.58. The molecule has 1 aromatic rings. The lowest BCUT2D eigenvalue weighted by atomic mass is 10.1. The van der Waals surface area contributed by atoms with Gasteiger partial charge in [0.1, 0.15) is 5.75 Å². The minimum atomic E-state index is 0. The quantitative estimate of drug-likeness (QED) is 0.897. The molecule has 0 radical (unpaired) electrons. The van der Waals surface area contributed by atoms with Crippen molar-refractivity contribution in [3.8, 4) is 5.75 Å². The summed E-state index contributed by atoms with van der Waals surface area (Å²) >= 11 is 6.28. The summed E-state index contributed by atoms with van der Waals surface area (Å²) in [6, 6.07) is 4.86. The lowest BCUT2D eigenvalue weighted by molar-refractivity contribution is 0.170. The van der Waals surface area contributed by atoms with Crippen molar-refractivity contribution >= 4 is 24.0 Å². The molecule has 23 heavy (non-hydrogen) atoms. The van der Waals surface area contributed by atoms with Crippen LogP contribution < -0.4 is 10.1 Å². The summed E-state index contributed by atoms with van der Waals surface area (Å²) in [5.74, 6) is 1.09. The zero-order chi connectivity index (χ0) is 14.9. The molecular weight excluding hydrogens is 333 g/mol. The van der Waals surface area contributed by atoms with Crippen LogP contribution in [-0.2, 0) is 13.0 Å². The van der Waals surface area contributed by atoms with Crippen LogP contribution in [0.1, 0.15) is 17.5 Å². The third kappa shape index (κ3) is 3.77. The topological polar surface area (TPSA) is 27.7 Å². The number of nitrogens with zero attached hydrogens (tertiary/aromatic N) is 2. The molecule has 2 fully saturated rings. The van der Waals surface area contributed by atoms with Gasteiger partial charge in [-0.2, -0.15) is 0 Å². The van der Waals surface area contributed by atoms with E-state index in [2.05, 4.69) is 27.2 Å². The Kier molecular flexibility index (Phi) is 5.70. The largest absolute Gasteiger partial charge is 0.493 e. The van der Waals surface area contributed by atoms with Gasteiger partial charge in [-0.05, 0) is 24.1 Å². The number of piperazine rings is 1. The van der Waals surface area contributed by atoms with E-state index in [9.17, 15) is 0 Å². The molecule has 0 aromatic heterocycles. The average Bonchev–Trinajstić information content (AvgIpc) is 3.17. The SMILES string of the molecule is Cl.Clc1cc2c(c(CN3CCC(N4CCNCC4)C3)c1)OCC2. The Bertz CT molecular complexity index is 549. The van der Waals surface area contributed by atoms with Crippen LogP contribution in [0.2, 0.25) is 5.02 Å². The first-order valence-corrected chi connectivity index (χ1v) is 8.78. The van der Waals surface area contributed by atoms with Gasteiger partial charge in [0.25, 0.3) is 0 Å². The molecule has 3 heterocycles. The molecular formula is C17H25Cl2N3O. The van der Waals surface area contributed by atoms with Gasteiger partial charge >= 0.3 is 0 Å². The van der Waals surface area contributed by atoms with E-state index < -0.39 is 0 Å². The van der Waals surface area contributed by atoms with E-state index in [0.717, 1.165) is 49.5 Å². The zero-order valence-corrected chi connectivity index (χ0v) is 15.0. The standard InChI is InChI=1S/C17H24ClN3O.ClH/c18-15-9-13-2-8-22-17(13)14(10-15)11-20-5-1-16(12-20)21-6-3-19-4-7-21;/h9-10,16,19H,1-8,11-12H2;1H. The monoisotopic (exact) mass is 357 g/mol. The molecule has 0 saturated carbocycles. The number of likely N-dealkylation sites (tertiary alicyclic amines) is 1. The molecule has 0 spiro atoms. The summed E-state index contributed by atoms with van der Waals surface area (Å²) in [5, 5.41) is 4.28. The highest BCUT2D eigenvalue weighted by Crippen LogP contribution is 2.34. The maximum Gasteiger partial charge on any atom is 0.127 e. The summed E-state index contributed by atoms with van der Waals surface area (Å²) in [6.07, 6.45) is 2.27. The van der Waals surface area contributed by atoms with E-state index in [0.29, 0.717) is 0 Å². The number of benzene rings is 1. The predicted octanol–water partition coefficient (Wildman–Crippen LogP) is 2.18. The fourth-order valence-corrected chi connectivity index (χ4v) is 4.27. The van der Waals surface area contributed by atoms with Gasteiger partial charge in [0.15, 0.2) is 0 Å². The van der Waals surface area contributed by atoms with Crippen molar-refractivity contribution < 1.29 is 4.74 Å². The van der Waals surface area contributed by atoms with Crippen LogP contribution in [0, 0.1) is 0 Å². The van der Waals surface area contributed by atoms with Crippen LogP contribution in [0.3, 0.4) is 0 Å². The lowest BCUT2D eigenvalue weighted by Crippen LogP contribution is -2.49. The first-order valence-electron chi connectivity index (χ1n) is 8.41. The Morgan fingerprint density at radius 3 is 2.87 bits per heavy atom. The van der Waals surface area contributed by atoms with Crippen molar-refractivity contribution in [1.29, 1.82) is 0 Å². The highest BCUT2D eigenvalue weighted by atomic mass is 35.5. The smallest absolute Gasteiger partial charge is 0.127 e. The molecule has 1 atom stereocenters. The molecule has 4 nitrogen and oxygen atoms in total. The number of hydrogen-bond acceptors (Lipinski definition) is 4. The lowest BCUT2D eigenvalue weighted by Gasteiger charge is -2.32. The Labute approximate surface area is 149 Å². The van der Waals surface area contributed by atoms with Crippen LogP contribution in [0.15, 0.2) is 12.1 Å². The first kappa shape index (κ1) is 17.3.